The molecular weight excluding hydrogens is 350 g/mol. The van der Waals surface area contributed by atoms with E-state index in [9.17, 15) is 4.79 Å². The van der Waals surface area contributed by atoms with Crippen LogP contribution in [-0.4, -0.2) is 16.6 Å². The minimum Gasteiger partial charge on any atom is -0.306 e. The van der Waals surface area contributed by atoms with E-state index in [0.717, 1.165) is 28.1 Å². The molecule has 3 rings (SSSR count). The number of allylic oxidation sites excluding steroid dienone is 6. The van der Waals surface area contributed by atoms with Gasteiger partial charge in [0.05, 0.1) is 11.4 Å². The highest BCUT2D eigenvalue weighted by Gasteiger charge is 2.24. The lowest BCUT2D eigenvalue weighted by Crippen LogP contribution is -2.42. The normalized spacial score (nSPS) is 15.6. The van der Waals surface area contributed by atoms with Gasteiger partial charge in [-0.05, 0) is 63.1 Å². The monoisotopic (exact) mass is 375 g/mol. The summed E-state index contributed by atoms with van der Waals surface area (Å²) in [4.78, 5) is 13.0. The molecule has 0 saturated heterocycles. The predicted molar refractivity (Wildman–Crippen MR) is 112 cm³/mol. The highest BCUT2D eigenvalue weighted by atomic mass is 16.2. The van der Waals surface area contributed by atoms with Crippen LogP contribution in [0.1, 0.15) is 31.9 Å². The molecule has 2 aliphatic rings. The summed E-state index contributed by atoms with van der Waals surface area (Å²) in [6.07, 6.45) is 7.48. The highest BCUT2D eigenvalue weighted by Crippen LogP contribution is 2.24. The first-order chi connectivity index (χ1) is 13.4. The minimum absolute atomic E-state index is 0.266. The topological polar surface area (TPSA) is 68.8 Å². The first kappa shape index (κ1) is 19.2. The Balaban J connectivity index is 1.92. The van der Waals surface area contributed by atoms with E-state index in [2.05, 4.69) is 22.7 Å². The number of benzene rings is 1. The van der Waals surface area contributed by atoms with Crippen molar-refractivity contribution >= 4 is 11.6 Å². The summed E-state index contributed by atoms with van der Waals surface area (Å²) in [5.74, 6) is 0.299. The zero-order chi connectivity index (χ0) is 20.3. The van der Waals surface area contributed by atoms with Gasteiger partial charge in [0.15, 0.2) is 0 Å². The second-order valence-electron chi connectivity index (χ2n) is 6.92. The summed E-state index contributed by atoms with van der Waals surface area (Å²) < 4.78 is 0. The fourth-order valence-electron chi connectivity index (χ4n) is 2.90. The molecular formula is C22H25N5O. The van der Waals surface area contributed by atoms with E-state index in [-0.39, 0.29) is 5.91 Å². The number of rotatable bonds is 4. The number of nitrogens with one attached hydrogen (secondary N) is 3. The molecule has 1 aromatic rings. The number of hydrazine groups is 1. The maximum absolute atomic E-state index is 13.0. The lowest BCUT2D eigenvalue weighted by atomic mass is 10.0. The van der Waals surface area contributed by atoms with Gasteiger partial charge < -0.3 is 10.7 Å². The molecule has 144 valence electrons. The first-order valence-electron chi connectivity index (χ1n) is 9.08. The number of carbonyl (C=O) groups is 1. The molecule has 0 spiro atoms. The van der Waals surface area contributed by atoms with E-state index >= 15 is 0 Å². The number of hydrogen-bond donors (Lipinski definition) is 3. The minimum atomic E-state index is -0.266. The summed E-state index contributed by atoms with van der Waals surface area (Å²) in [5.41, 5.74) is 11.7. The number of hydrogen-bond acceptors (Lipinski definition) is 5. The third kappa shape index (κ3) is 4.06. The quantitative estimate of drug-likeness (QED) is 0.706. The van der Waals surface area contributed by atoms with Crippen molar-refractivity contribution in [2.24, 2.45) is 5.10 Å². The predicted octanol–water partition coefficient (Wildman–Crippen LogP) is 3.35. The molecule has 2 aliphatic heterocycles. The Bertz CT molecular complexity index is 974. The average Bonchev–Trinajstić information content (AvgIpc) is 2.65. The van der Waals surface area contributed by atoms with Crippen LogP contribution in [0.4, 0.5) is 0 Å². The second-order valence-corrected chi connectivity index (χ2v) is 6.92. The van der Waals surface area contributed by atoms with Gasteiger partial charge in [0.25, 0.3) is 5.91 Å². The third-order valence-corrected chi connectivity index (χ3v) is 4.38. The van der Waals surface area contributed by atoms with Gasteiger partial charge in [0.1, 0.15) is 11.5 Å². The maximum atomic E-state index is 13.0. The van der Waals surface area contributed by atoms with Gasteiger partial charge >= 0.3 is 0 Å². The molecule has 6 nitrogen and oxygen atoms in total. The average molecular weight is 375 g/mol. The molecule has 0 bridgehead atoms. The van der Waals surface area contributed by atoms with Crippen molar-refractivity contribution in [3.8, 4) is 0 Å². The Morgan fingerprint density at radius 1 is 1.11 bits per heavy atom. The molecule has 2 heterocycles. The van der Waals surface area contributed by atoms with Gasteiger partial charge in [-0.25, -0.2) is 5.01 Å². The van der Waals surface area contributed by atoms with E-state index in [0.29, 0.717) is 17.2 Å². The van der Waals surface area contributed by atoms with E-state index < -0.39 is 0 Å². The van der Waals surface area contributed by atoms with Crippen LogP contribution in [0.5, 0.6) is 0 Å². The van der Waals surface area contributed by atoms with Crippen LogP contribution >= 0.6 is 0 Å². The van der Waals surface area contributed by atoms with Crippen molar-refractivity contribution in [2.75, 3.05) is 0 Å². The highest BCUT2D eigenvalue weighted by molar-refractivity contribution is 6.10. The van der Waals surface area contributed by atoms with Crippen LogP contribution < -0.4 is 16.2 Å². The zero-order valence-corrected chi connectivity index (χ0v) is 16.6. The molecule has 28 heavy (non-hydrogen) atoms. The van der Waals surface area contributed by atoms with Crippen molar-refractivity contribution in [1.82, 2.24) is 21.2 Å². The van der Waals surface area contributed by atoms with Crippen LogP contribution in [0.3, 0.4) is 0 Å². The standard InChI is InChI=1S/C22H25N5O/c1-14(2)21(22(28)23-20-13-10-16(4)24-25-20)27-17(5)11-12-19(26-27)18-9-7-6-8-15(18)3/h6-13,24-25H,5H2,1-4H3,(H,23,28). The Morgan fingerprint density at radius 3 is 2.50 bits per heavy atom. The van der Waals surface area contributed by atoms with Crippen LogP contribution in [-0.2, 0) is 4.79 Å². The fourth-order valence-corrected chi connectivity index (χ4v) is 2.90. The molecule has 0 unspecified atom stereocenters. The van der Waals surface area contributed by atoms with Crippen molar-refractivity contribution in [1.29, 1.82) is 0 Å². The molecule has 0 radical (unpaired) electrons. The van der Waals surface area contributed by atoms with Crippen molar-refractivity contribution in [3.05, 3.63) is 94.8 Å². The van der Waals surface area contributed by atoms with Gasteiger partial charge in [0.2, 0.25) is 0 Å². The Hall–Kier alpha value is -3.54. The first-order valence-corrected chi connectivity index (χ1v) is 9.08. The Labute approximate surface area is 165 Å². The van der Waals surface area contributed by atoms with Gasteiger partial charge in [-0.1, -0.05) is 30.8 Å². The largest absolute Gasteiger partial charge is 0.306 e. The Morgan fingerprint density at radius 2 is 1.86 bits per heavy atom. The van der Waals surface area contributed by atoms with Gasteiger partial charge in [-0.2, -0.15) is 5.10 Å². The second kappa shape index (κ2) is 8.00. The lowest BCUT2D eigenvalue weighted by Gasteiger charge is -2.27. The maximum Gasteiger partial charge on any atom is 0.275 e. The van der Waals surface area contributed by atoms with Crippen molar-refractivity contribution in [3.63, 3.8) is 0 Å². The number of nitrogens with zero attached hydrogens (tertiary/aromatic N) is 2. The SMILES string of the molecule is C=C1C=CC(c2ccccc2C)=NN1C(C(=O)NC1=CC=C(C)NN1)=C(C)C. The van der Waals surface area contributed by atoms with Gasteiger partial charge in [-0.3, -0.25) is 10.2 Å². The molecule has 0 atom stereocenters. The van der Waals surface area contributed by atoms with Crippen LogP contribution in [0.15, 0.2) is 88.7 Å². The van der Waals surface area contributed by atoms with Crippen molar-refractivity contribution < 1.29 is 4.79 Å². The Kier molecular flexibility index (Phi) is 5.49. The number of amides is 1. The number of aryl methyl sites for hydroxylation is 1. The van der Waals surface area contributed by atoms with Gasteiger partial charge in [-0.15, -0.1) is 0 Å². The van der Waals surface area contributed by atoms with Crippen LogP contribution in [0, 0.1) is 6.92 Å². The van der Waals surface area contributed by atoms with Crippen LogP contribution in [0.25, 0.3) is 0 Å². The van der Waals surface area contributed by atoms with E-state index in [1.807, 2.05) is 70.2 Å². The summed E-state index contributed by atoms with van der Waals surface area (Å²) in [6.45, 7) is 11.8. The molecule has 6 heteroatoms. The molecule has 0 aromatic heterocycles. The molecule has 3 N–H and O–H groups in total. The smallest absolute Gasteiger partial charge is 0.275 e. The molecule has 1 amide bonds. The summed E-state index contributed by atoms with van der Waals surface area (Å²) in [5, 5.41) is 9.20. The lowest BCUT2D eigenvalue weighted by molar-refractivity contribution is -0.118. The molecule has 0 aliphatic carbocycles. The molecule has 1 aromatic carbocycles. The number of hydrazone groups is 1. The van der Waals surface area contributed by atoms with Crippen LogP contribution in [0.2, 0.25) is 0 Å². The molecule has 0 fully saturated rings. The van der Waals surface area contributed by atoms with E-state index in [4.69, 9.17) is 5.10 Å². The summed E-state index contributed by atoms with van der Waals surface area (Å²) in [6, 6.07) is 8.03. The third-order valence-electron chi connectivity index (χ3n) is 4.38. The summed E-state index contributed by atoms with van der Waals surface area (Å²) >= 11 is 0. The number of carbonyl (C=O) groups excluding carboxylic acids is 1. The molecule has 0 saturated carbocycles. The summed E-state index contributed by atoms with van der Waals surface area (Å²) in [7, 11) is 0. The van der Waals surface area contributed by atoms with E-state index in [1.54, 1.807) is 11.1 Å². The fraction of sp³-hybridized carbons (Fsp3) is 0.182. The van der Waals surface area contributed by atoms with Crippen molar-refractivity contribution in [2.45, 2.75) is 27.7 Å². The van der Waals surface area contributed by atoms with Gasteiger partial charge in [0, 0.05) is 11.3 Å². The van der Waals surface area contributed by atoms with E-state index in [1.165, 1.54) is 0 Å². The zero-order valence-electron chi connectivity index (χ0n) is 16.6.